The quantitative estimate of drug-likeness (QED) is 0.814. The van der Waals surface area contributed by atoms with E-state index in [1.54, 1.807) is 19.1 Å². The van der Waals surface area contributed by atoms with Crippen LogP contribution in [0, 0.1) is 0 Å². The van der Waals surface area contributed by atoms with E-state index < -0.39 is 10.0 Å². The van der Waals surface area contributed by atoms with Crippen molar-refractivity contribution in [1.82, 2.24) is 8.96 Å². The highest BCUT2D eigenvalue weighted by Crippen LogP contribution is 2.30. The first kappa shape index (κ1) is 14.4. The summed E-state index contributed by atoms with van der Waals surface area (Å²) in [6.45, 7) is 4.51. The minimum Gasteiger partial charge on any atom is -0.494 e. The van der Waals surface area contributed by atoms with Crippen LogP contribution in [0.5, 0.6) is 11.5 Å². The van der Waals surface area contributed by atoms with Crippen LogP contribution in [0.3, 0.4) is 0 Å². The van der Waals surface area contributed by atoms with Gasteiger partial charge in [0.15, 0.2) is 0 Å². The Balaban J connectivity index is 2.50. The van der Waals surface area contributed by atoms with E-state index in [9.17, 15) is 8.42 Å². The summed E-state index contributed by atoms with van der Waals surface area (Å²) in [6, 6.07) is 4.66. The maximum atomic E-state index is 12.5. The average Bonchev–Trinajstić information content (AvgIpc) is 2.94. The maximum Gasteiger partial charge on any atom is 0.272 e. The lowest BCUT2D eigenvalue weighted by Crippen LogP contribution is -2.13. The number of nitrogens with zero attached hydrogens (tertiary/aromatic N) is 2. The van der Waals surface area contributed by atoms with Gasteiger partial charge in [-0.05, 0) is 26.0 Å². The number of rotatable bonds is 6. The summed E-state index contributed by atoms with van der Waals surface area (Å²) in [5.41, 5.74) is 0. The summed E-state index contributed by atoms with van der Waals surface area (Å²) in [7, 11) is -3.71. The van der Waals surface area contributed by atoms with Crippen LogP contribution in [0.15, 0.2) is 41.8 Å². The number of hydrogen-bond donors (Lipinski definition) is 0. The smallest absolute Gasteiger partial charge is 0.272 e. The predicted molar refractivity (Wildman–Crippen MR) is 73.6 cm³/mol. The van der Waals surface area contributed by atoms with Crippen LogP contribution in [0.25, 0.3) is 0 Å². The fourth-order valence-electron chi connectivity index (χ4n) is 1.73. The molecule has 0 radical (unpaired) electrons. The highest BCUT2D eigenvalue weighted by Gasteiger charge is 2.22. The fraction of sp³-hybridized carbons (Fsp3) is 0.308. The topological polar surface area (TPSA) is 70.4 Å². The molecule has 0 saturated carbocycles. The third kappa shape index (κ3) is 2.77. The van der Waals surface area contributed by atoms with Gasteiger partial charge in [-0.3, -0.25) is 0 Å². The number of hydrogen-bond acceptors (Lipinski definition) is 5. The van der Waals surface area contributed by atoms with Crippen molar-refractivity contribution in [3.63, 3.8) is 0 Å². The van der Waals surface area contributed by atoms with Crippen molar-refractivity contribution >= 4 is 10.0 Å². The van der Waals surface area contributed by atoms with Crippen molar-refractivity contribution in [3.05, 3.63) is 36.9 Å². The minimum atomic E-state index is -3.71. The molecule has 0 bridgehead atoms. The van der Waals surface area contributed by atoms with Gasteiger partial charge >= 0.3 is 0 Å². The Morgan fingerprint density at radius 2 is 1.95 bits per heavy atom. The first-order valence-corrected chi connectivity index (χ1v) is 7.66. The number of benzene rings is 1. The zero-order valence-electron chi connectivity index (χ0n) is 11.3. The third-order valence-corrected chi connectivity index (χ3v) is 4.23. The largest absolute Gasteiger partial charge is 0.494 e. The summed E-state index contributed by atoms with van der Waals surface area (Å²) in [5.74, 6) is 0.840. The van der Waals surface area contributed by atoms with Gasteiger partial charge in [-0.2, -0.15) is 0 Å². The molecule has 1 aromatic carbocycles. The number of aromatic nitrogens is 2. The van der Waals surface area contributed by atoms with Crippen molar-refractivity contribution in [2.45, 2.75) is 18.7 Å². The molecular weight excluding hydrogens is 280 g/mol. The predicted octanol–water partition coefficient (Wildman–Crippen LogP) is 1.92. The molecule has 0 amide bonds. The second-order valence-corrected chi connectivity index (χ2v) is 5.68. The van der Waals surface area contributed by atoms with E-state index >= 15 is 0 Å². The molecule has 0 unspecified atom stereocenters. The molecule has 0 atom stereocenters. The molecule has 0 saturated heterocycles. The lowest BCUT2D eigenvalue weighted by Gasteiger charge is -2.13. The average molecular weight is 296 g/mol. The van der Waals surface area contributed by atoms with Gasteiger partial charge in [0.2, 0.25) is 0 Å². The van der Waals surface area contributed by atoms with E-state index in [1.807, 2.05) is 6.92 Å². The molecule has 0 fully saturated rings. The molecule has 6 nitrogen and oxygen atoms in total. The van der Waals surface area contributed by atoms with E-state index in [4.69, 9.17) is 9.47 Å². The zero-order valence-corrected chi connectivity index (χ0v) is 12.1. The maximum absolute atomic E-state index is 12.5. The minimum absolute atomic E-state index is 0.0841. The Kier molecular flexibility index (Phi) is 4.29. The molecule has 7 heteroatoms. The van der Waals surface area contributed by atoms with Gasteiger partial charge in [0, 0.05) is 18.5 Å². The lowest BCUT2D eigenvalue weighted by molar-refractivity contribution is 0.317. The molecule has 0 spiro atoms. The number of ether oxygens (including phenoxy) is 2. The molecule has 1 heterocycles. The molecule has 2 aromatic rings. The van der Waals surface area contributed by atoms with Crippen molar-refractivity contribution < 1.29 is 17.9 Å². The summed E-state index contributed by atoms with van der Waals surface area (Å²) >= 11 is 0. The van der Waals surface area contributed by atoms with E-state index in [2.05, 4.69) is 4.98 Å². The highest BCUT2D eigenvalue weighted by molar-refractivity contribution is 7.90. The van der Waals surface area contributed by atoms with Gasteiger partial charge in [0.25, 0.3) is 10.0 Å². The van der Waals surface area contributed by atoms with Gasteiger partial charge in [0.05, 0.1) is 13.2 Å². The molecule has 0 N–H and O–H groups in total. The molecule has 0 aliphatic heterocycles. The molecule has 1 aromatic heterocycles. The first-order chi connectivity index (χ1) is 9.59. The van der Waals surface area contributed by atoms with Crippen LogP contribution in [-0.4, -0.2) is 30.6 Å². The SMILES string of the molecule is CCOc1ccc(S(=O)(=O)n2ccnc2)c(OCC)c1. The van der Waals surface area contributed by atoms with E-state index in [0.717, 1.165) is 3.97 Å². The van der Waals surface area contributed by atoms with Gasteiger partial charge < -0.3 is 9.47 Å². The van der Waals surface area contributed by atoms with Gasteiger partial charge in [0.1, 0.15) is 22.7 Å². The summed E-state index contributed by atoms with van der Waals surface area (Å²) in [5, 5.41) is 0. The third-order valence-electron chi connectivity index (χ3n) is 2.56. The highest BCUT2D eigenvalue weighted by atomic mass is 32.2. The summed E-state index contributed by atoms with van der Waals surface area (Å²) in [6.07, 6.45) is 4.02. The van der Waals surface area contributed by atoms with Crippen LogP contribution >= 0.6 is 0 Å². The Bertz CT molecular complexity index is 666. The normalized spacial score (nSPS) is 11.3. The molecule has 0 aliphatic rings. The first-order valence-electron chi connectivity index (χ1n) is 6.22. The Morgan fingerprint density at radius 1 is 1.20 bits per heavy atom. The Morgan fingerprint density at radius 3 is 2.55 bits per heavy atom. The van der Waals surface area contributed by atoms with Crippen LogP contribution < -0.4 is 9.47 Å². The molecular formula is C13H16N2O4S. The van der Waals surface area contributed by atoms with E-state index in [1.165, 1.54) is 24.8 Å². The fourth-order valence-corrected chi connectivity index (χ4v) is 2.96. The molecule has 0 aliphatic carbocycles. The summed E-state index contributed by atoms with van der Waals surface area (Å²) in [4.78, 5) is 3.84. The lowest BCUT2D eigenvalue weighted by atomic mass is 10.3. The van der Waals surface area contributed by atoms with E-state index in [0.29, 0.717) is 19.0 Å². The second-order valence-electron chi connectivity index (χ2n) is 3.87. The van der Waals surface area contributed by atoms with Crippen molar-refractivity contribution in [2.24, 2.45) is 0 Å². The Labute approximate surface area is 118 Å². The zero-order chi connectivity index (χ0) is 14.6. The second kappa shape index (κ2) is 5.96. The van der Waals surface area contributed by atoms with Crippen molar-refractivity contribution in [1.29, 1.82) is 0 Å². The summed E-state index contributed by atoms with van der Waals surface area (Å²) < 4.78 is 36.7. The van der Waals surface area contributed by atoms with Crippen molar-refractivity contribution in [2.75, 3.05) is 13.2 Å². The van der Waals surface area contributed by atoms with Gasteiger partial charge in [-0.25, -0.2) is 17.4 Å². The van der Waals surface area contributed by atoms with Gasteiger partial charge in [-0.15, -0.1) is 0 Å². The molecule has 2 rings (SSSR count). The van der Waals surface area contributed by atoms with Crippen LogP contribution in [0.2, 0.25) is 0 Å². The van der Waals surface area contributed by atoms with Crippen LogP contribution in [0.4, 0.5) is 0 Å². The van der Waals surface area contributed by atoms with E-state index in [-0.39, 0.29) is 10.6 Å². The molecule has 20 heavy (non-hydrogen) atoms. The van der Waals surface area contributed by atoms with Crippen LogP contribution in [-0.2, 0) is 10.0 Å². The van der Waals surface area contributed by atoms with Crippen LogP contribution in [0.1, 0.15) is 13.8 Å². The number of imidazole rings is 1. The molecule has 108 valence electrons. The van der Waals surface area contributed by atoms with Gasteiger partial charge in [-0.1, -0.05) is 0 Å². The van der Waals surface area contributed by atoms with Crippen molar-refractivity contribution in [3.8, 4) is 11.5 Å². The standard InChI is InChI=1S/C13H16N2O4S/c1-3-18-11-5-6-13(12(9-11)19-4-2)20(16,17)15-8-7-14-10-15/h5-10H,3-4H2,1-2H3. The monoisotopic (exact) mass is 296 g/mol. The Hall–Kier alpha value is -2.02.